The van der Waals surface area contributed by atoms with Gasteiger partial charge in [-0.05, 0) is 42.3 Å². The molecule has 2 aliphatic heterocycles. The molecular formula is C23H25NO6. The molecule has 0 unspecified atom stereocenters. The van der Waals surface area contributed by atoms with Crippen molar-refractivity contribution in [1.82, 2.24) is 4.90 Å². The third-order valence-corrected chi connectivity index (χ3v) is 5.41. The van der Waals surface area contributed by atoms with Gasteiger partial charge in [0.25, 0.3) is 0 Å². The van der Waals surface area contributed by atoms with Crippen molar-refractivity contribution in [2.75, 3.05) is 40.5 Å². The van der Waals surface area contributed by atoms with E-state index in [0.717, 1.165) is 18.7 Å². The molecule has 1 saturated heterocycles. The number of aromatic hydroxyl groups is 1. The van der Waals surface area contributed by atoms with Gasteiger partial charge in [0.1, 0.15) is 11.5 Å². The molecule has 0 atom stereocenters. The molecule has 0 aliphatic carbocycles. The van der Waals surface area contributed by atoms with Crippen molar-refractivity contribution in [3.63, 3.8) is 0 Å². The Morgan fingerprint density at radius 1 is 1.13 bits per heavy atom. The Hall–Kier alpha value is -3.03. The number of rotatable bonds is 5. The lowest BCUT2D eigenvalue weighted by Crippen LogP contribution is -2.35. The number of ether oxygens (including phenoxy) is 4. The van der Waals surface area contributed by atoms with E-state index in [9.17, 15) is 9.90 Å². The predicted molar refractivity (Wildman–Crippen MR) is 111 cm³/mol. The fraction of sp³-hybridized carbons (Fsp3) is 0.348. The first-order chi connectivity index (χ1) is 14.5. The molecule has 4 rings (SSSR count). The Bertz CT molecular complexity index is 1010. The average molecular weight is 411 g/mol. The van der Waals surface area contributed by atoms with Crippen molar-refractivity contribution < 1.29 is 28.8 Å². The number of methoxy groups -OCH3 is 2. The number of carbonyl (C=O) groups excluding carboxylic acids is 1. The predicted octanol–water partition coefficient (Wildman–Crippen LogP) is 3.17. The van der Waals surface area contributed by atoms with Crippen molar-refractivity contribution in [2.24, 2.45) is 0 Å². The van der Waals surface area contributed by atoms with Crippen molar-refractivity contribution in [3.8, 4) is 23.0 Å². The molecule has 30 heavy (non-hydrogen) atoms. The van der Waals surface area contributed by atoms with Gasteiger partial charge in [-0.15, -0.1) is 0 Å². The van der Waals surface area contributed by atoms with Crippen LogP contribution in [0, 0.1) is 6.92 Å². The largest absolute Gasteiger partial charge is 0.507 e. The van der Waals surface area contributed by atoms with Crippen molar-refractivity contribution in [3.05, 3.63) is 52.3 Å². The monoisotopic (exact) mass is 411 g/mol. The van der Waals surface area contributed by atoms with Crippen LogP contribution in [-0.4, -0.2) is 56.3 Å². The summed E-state index contributed by atoms with van der Waals surface area (Å²) in [6.07, 6.45) is 1.68. The van der Waals surface area contributed by atoms with E-state index in [2.05, 4.69) is 4.90 Å². The van der Waals surface area contributed by atoms with Crippen LogP contribution >= 0.6 is 0 Å². The van der Waals surface area contributed by atoms with E-state index in [1.165, 1.54) is 0 Å². The Balaban J connectivity index is 1.69. The van der Waals surface area contributed by atoms with Gasteiger partial charge < -0.3 is 24.1 Å². The Labute approximate surface area is 175 Å². The number of fused-ring (bicyclic) bond motifs is 1. The number of hydrogen-bond acceptors (Lipinski definition) is 7. The molecule has 2 aliphatic rings. The zero-order chi connectivity index (χ0) is 21.3. The molecule has 2 heterocycles. The highest BCUT2D eigenvalue weighted by atomic mass is 16.5. The molecule has 158 valence electrons. The zero-order valence-corrected chi connectivity index (χ0v) is 17.4. The highest BCUT2D eigenvalue weighted by Gasteiger charge is 2.33. The SMILES string of the molecule is COc1ccc(/C=C2\Oc3c(CN4CCOCC4)c(O)cc(C)c3C2=O)cc1OC. The lowest BCUT2D eigenvalue weighted by atomic mass is 9.99. The lowest BCUT2D eigenvalue weighted by molar-refractivity contribution is 0.0336. The quantitative estimate of drug-likeness (QED) is 0.757. The summed E-state index contributed by atoms with van der Waals surface area (Å²) in [5.41, 5.74) is 2.57. The number of phenols is 1. The van der Waals surface area contributed by atoms with E-state index >= 15 is 0 Å². The standard InChI is InChI=1S/C23H25NO6/c1-14-10-17(25)16(13-24-6-8-29-9-7-24)23-21(14)22(26)20(30-23)12-15-4-5-18(27-2)19(11-15)28-3/h4-5,10-12,25H,6-9,13H2,1-3H3/b20-12-. The summed E-state index contributed by atoms with van der Waals surface area (Å²) < 4.78 is 22.0. The first-order valence-corrected chi connectivity index (χ1v) is 9.83. The molecule has 1 fully saturated rings. The number of carbonyl (C=O) groups is 1. The number of morpholine rings is 1. The van der Waals surface area contributed by atoms with E-state index in [-0.39, 0.29) is 17.3 Å². The minimum Gasteiger partial charge on any atom is -0.507 e. The van der Waals surface area contributed by atoms with Gasteiger partial charge in [0.05, 0.1) is 38.6 Å². The highest BCUT2D eigenvalue weighted by Crippen LogP contribution is 2.42. The van der Waals surface area contributed by atoms with Crippen LogP contribution in [0.3, 0.4) is 0 Å². The van der Waals surface area contributed by atoms with Gasteiger partial charge in [-0.1, -0.05) is 6.07 Å². The smallest absolute Gasteiger partial charge is 0.232 e. The Kier molecular flexibility index (Phi) is 5.65. The summed E-state index contributed by atoms with van der Waals surface area (Å²) >= 11 is 0. The number of allylic oxidation sites excluding steroid dienone is 1. The second kappa shape index (κ2) is 8.38. The van der Waals surface area contributed by atoms with Gasteiger partial charge in [-0.2, -0.15) is 0 Å². The average Bonchev–Trinajstić information content (AvgIpc) is 3.08. The number of Topliss-reactive ketones (excluding diaryl/α,β-unsaturated/α-hetero) is 1. The number of nitrogens with zero attached hydrogens (tertiary/aromatic N) is 1. The number of benzene rings is 2. The molecule has 7 nitrogen and oxygen atoms in total. The van der Waals surface area contributed by atoms with E-state index < -0.39 is 0 Å². The minimum atomic E-state index is -0.194. The van der Waals surface area contributed by atoms with Crippen LogP contribution in [0.2, 0.25) is 0 Å². The topological polar surface area (TPSA) is 77.5 Å². The summed E-state index contributed by atoms with van der Waals surface area (Å²) in [6.45, 7) is 5.14. The van der Waals surface area contributed by atoms with Gasteiger partial charge in [-0.3, -0.25) is 9.69 Å². The fourth-order valence-corrected chi connectivity index (χ4v) is 3.81. The molecule has 0 aromatic heterocycles. The second-order valence-electron chi connectivity index (χ2n) is 7.34. The van der Waals surface area contributed by atoms with Crippen molar-refractivity contribution >= 4 is 11.9 Å². The Morgan fingerprint density at radius 3 is 2.57 bits per heavy atom. The summed E-state index contributed by atoms with van der Waals surface area (Å²) in [4.78, 5) is 15.3. The third kappa shape index (κ3) is 3.74. The maximum Gasteiger partial charge on any atom is 0.232 e. The minimum absolute atomic E-state index is 0.137. The summed E-state index contributed by atoms with van der Waals surface area (Å²) in [5.74, 6) is 1.77. The maximum absolute atomic E-state index is 13.1. The number of phenolic OH excluding ortho intramolecular Hbond substituents is 1. The number of aryl methyl sites for hydroxylation is 1. The molecule has 0 radical (unpaired) electrons. The number of ketones is 1. The van der Waals surface area contributed by atoms with Crippen LogP contribution in [0.25, 0.3) is 6.08 Å². The van der Waals surface area contributed by atoms with Crippen molar-refractivity contribution in [2.45, 2.75) is 13.5 Å². The van der Waals surface area contributed by atoms with Crippen LogP contribution in [0.4, 0.5) is 0 Å². The summed E-state index contributed by atoms with van der Waals surface area (Å²) in [7, 11) is 3.13. The third-order valence-electron chi connectivity index (χ3n) is 5.41. The lowest BCUT2D eigenvalue weighted by Gasteiger charge is -2.27. The molecule has 0 saturated carbocycles. The molecule has 0 bridgehead atoms. The number of hydrogen-bond donors (Lipinski definition) is 1. The fourth-order valence-electron chi connectivity index (χ4n) is 3.81. The Morgan fingerprint density at radius 2 is 1.87 bits per heavy atom. The summed E-state index contributed by atoms with van der Waals surface area (Å²) in [6, 6.07) is 7.02. The van der Waals surface area contributed by atoms with E-state index in [1.54, 1.807) is 45.4 Å². The van der Waals surface area contributed by atoms with Crippen LogP contribution < -0.4 is 14.2 Å². The van der Waals surface area contributed by atoms with Gasteiger partial charge in [0.15, 0.2) is 17.3 Å². The highest BCUT2D eigenvalue weighted by molar-refractivity contribution is 6.15. The normalized spacial score (nSPS) is 17.7. The zero-order valence-electron chi connectivity index (χ0n) is 17.4. The molecule has 0 spiro atoms. The van der Waals surface area contributed by atoms with E-state index in [4.69, 9.17) is 18.9 Å². The molecule has 2 aromatic rings. The first-order valence-electron chi connectivity index (χ1n) is 9.83. The van der Waals surface area contributed by atoms with Gasteiger partial charge in [0.2, 0.25) is 5.78 Å². The van der Waals surface area contributed by atoms with E-state index in [1.807, 2.05) is 6.07 Å². The first kappa shape index (κ1) is 20.3. The van der Waals surface area contributed by atoms with Gasteiger partial charge in [-0.25, -0.2) is 0 Å². The molecule has 1 N–H and O–H groups in total. The molecular weight excluding hydrogens is 386 g/mol. The second-order valence-corrected chi connectivity index (χ2v) is 7.34. The van der Waals surface area contributed by atoms with Crippen molar-refractivity contribution in [1.29, 1.82) is 0 Å². The van der Waals surface area contributed by atoms with Crippen LogP contribution in [0.1, 0.15) is 27.0 Å². The van der Waals surface area contributed by atoms with Crippen LogP contribution in [0.15, 0.2) is 30.0 Å². The molecule has 2 aromatic carbocycles. The maximum atomic E-state index is 13.1. The van der Waals surface area contributed by atoms with Gasteiger partial charge in [0, 0.05) is 19.6 Å². The van der Waals surface area contributed by atoms with Crippen LogP contribution in [0.5, 0.6) is 23.0 Å². The molecule has 0 amide bonds. The molecule has 7 heteroatoms. The van der Waals surface area contributed by atoms with E-state index in [0.29, 0.717) is 53.7 Å². The summed E-state index contributed by atoms with van der Waals surface area (Å²) in [5, 5.41) is 10.6. The van der Waals surface area contributed by atoms with Crippen LogP contribution in [-0.2, 0) is 11.3 Å². The van der Waals surface area contributed by atoms with Gasteiger partial charge >= 0.3 is 0 Å².